The molecular weight excluding hydrogens is 183 g/mol. The molecule has 3 heteroatoms. The van der Waals surface area contributed by atoms with Crippen LogP contribution in [0.4, 0.5) is 0 Å². The smallest absolute Gasteiger partial charge is 0.145 e. The van der Waals surface area contributed by atoms with E-state index in [0.29, 0.717) is 11.1 Å². The monoisotopic (exact) mass is 198 g/mol. The van der Waals surface area contributed by atoms with Crippen LogP contribution < -0.4 is 0 Å². The highest BCUT2D eigenvalue weighted by Gasteiger charge is 2.37. The molecule has 1 unspecified atom stereocenters. The van der Waals surface area contributed by atoms with Gasteiger partial charge in [-0.05, 0) is 11.1 Å². The fourth-order valence-corrected chi connectivity index (χ4v) is 3.45. The molecule has 0 spiro atoms. The molecule has 62 valence electrons. The maximum absolute atomic E-state index is 6.23. The van der Waals surface area contributed by atoms with E-state index in [2.05, 4.69) is 27.7 Å². The molecule has 0 bridgehead atoms. The largest absolute Gasteiger partial charge is 0.256 e. The molecule has 0 heterocycles. The van der Waals surface area contributed by atoms with Gasteiger partial charge in [-0.3, -0.25) is 0 Å². The second kappa shape index (κ2) is 3.98. The molecule has 0 aromatic carbocycles. The van der Waals surface area contributed by atoms with Crippen molar-refractivity contribution in [3.63, 3.8) is 0 Å². The Labute approximate surface area is 74.3 Å². The van der Waals surface area contributed by atoms with E-state index in [0.717, 1.165) is 6.42 Å². The van der Waals surface area contributed by atoms with Gasteiger partial charge in [0.15, 0.2) is 0 Å². The van der Waals surface area contributed by atoms with Crippen LogP contribution in [-0.2, 0) is 0 Å². The predicted octanol–water partition coefficient (Wildman–Crippen LogP) is 4.12. The van der Waals surface area contributed by atoms with Gasteiger partial charge in [-0.15, -0.1) is 22.2 Å². The molecule has 0 aliphatic heterocycles. The Bertz CT molecular complexity index is 102. The van der Waals surface area contributed by atoms with Crippen LogP contribution in [-0.4, -0.2) is 6.69 Å². The van der Waals surface area contributed by atoms with Crippen molar-refractivity contribution in [2.24, 2.45) is 0 Å². The number of hydrogen-bond acceptors (Lipinski definition) is 0. The molecule has 0 nitrogen and oxygen atoms in total. The van der Waals surface area contributed by atoms with Gasteiger partial charge < -0.3 is 0 Å². The van der Waals surface area contributed by atoms with Gasteiger partial charge in [0.1, 0.15) is 0 Å². The van der Waals surface area contributed by atoms with Crippen LogP contribution in [0.15, 0.2) is 0 Å². The van der Waals surface area contributed by atoms with E-state index in [4.69, 9.17) is 22.2 Å². The lowest BCUT2D eigenvalue weighted by molar-refractivity contribution is 0.833. The van der Waals surface area contributed by atoms with Crippen molar-refractivity contribution in [1.82, 2.24) is 0 Å². The van der Waals surface area contributed by atoms with E-state index < -0.39 is 6.69 Å². The van der Waals surface area contributed by atoms with E-state index in [1.54, 1.807) is 0 Å². The number of rotatable bonds is 3. The van der Waals surface area contributed by atoms with Crippen molar-refractivity contribution >= 4 is 28.9 Å². The van der Waals surface area contributed by atoms with Crippen molar-refractivity contribution in [3.8, 4) is 0 Å². The Balaban J connectivity index is 4.09. The molecule has 0 N–H and O–H groups in total. The highest BCUT2D eigenvalue weighted by molar-refractivity contribution is 7.46. The van der Waals surface area contributed by atoms with E-state index in [9.17, 15) is 0 Å². The topological polar surface area (TPSA) is 0 Å². The molecule has 0 radical (unpaired) electrons. The summed E-state index contributed by atoms with van der Waals surface area (Å²) in [6.45, 7) is 6.56. The van der Waals surface area contributed by atoms with Crippen LogP contribution in [0.3, 0.4) is 0 Å². The Morgan fingerprint density at radius 2 is 1.60 bits per heavy atom. The lowest BCUT2D eigenvalue weighted by atomic mass is 10.4. The number of halogens is 2. The average molecular weight is 199 g/mol. The molecule has 0 fully saturated rings. The van der Waals surface area contributed by atoms with Crippen molar-refractivity contribution in [2.75, 3.05) is 0 Å². The molecule has 0 aromatic heterocycles. The van der Waals surface area contributed by atoms with Crippen LogP contribution in [0.25, 0.3) is 0 Å². The van der Waals surface area contributed by atoms with E-state index in [1.807, 2.05) is 0 Å². The zero-order chi connectivity index (χ0) is 8.36. The van der Waals surface area contributed by atoms with Gasteiger partial charge in [-0.25, -0.2) is 0 Å². The Morgan fingerprint density at radius 1 is 1.20 bits per heavy atom. The van der Waals surface area contributed by atoms with Crippen LogP contribution >= 0.6 is 22.2 Å². The van der Waals surface area contributed by atoms with E-state index >= 15 is 0 Å². The summed E-state index contributed by atoms with van der Waals surface area (Å²) in [6.07, 6.45) is 1.09. The SMILES string of the molecule is CCC(C)[Si](Cl)(Cl)C(C)C. The summed E-state index contributed by atoms with van der Waals surface area (Å²) in [4.78, 5) is 0. The molecule has 0 aliphatic rings. The molecule has 0 aliphatic carbocycles. The lowest BCUT2D eigenvalue weighted by Crippen LogP contribution is -2.28. The third-order valence-electron chi connectivity index (χ3n) is 2.04. The molecule has 1 atom stereocenters. The third-order valence-corrected chi connectivity index (χ3v) is 10.2. The normalized spacial score (nSPS) is 15.9. The van der Waals surface area contributed by atoms with Gasteiger partial charge in [-0.1, -0.05) is 34.1 Å². The summed E-state index contributed by atoms with van der Waals surface area (Å²) < 4.78 is 0. The summed E-state index contributed by atoms with van der Waals surface area (Å²) in [5.74, 6) is 0. The summed E-state index contributed by atoms with van der Waals surface area (Å²) in [7, 11) is 0. The fraction of sp³-hybridized carbons (Fsp3) is 1.00. The molecule has 10 heavy (non-hydrogen) atoms. The first-order valence-corrected chi connectivity index (χ1v) is 7.98. The molecule has 0 rings (SSSR count). The number of hydrogen-bond donors (Lipinski definition) is 0. The first-order chi connectivity index (χ1) is 4.42. The molecule has 0 aromatic rings. The van der Waals surface area contributed by atoms with E-state index in [1.165, 1.54) is 0 Å². The lowest BCUT2D eigenvalue weighted by Gasteiger charge is -2.26. The molecule has 0 saturated carbocycles. The maximum Gasteiger partial charge on any atom is 0.256 e. The Morgan fingerprint density at radius 3 is 1.70 bits per heavy atom. The predicted molar refractivity (Wildman–Crippen MR) is 52.3 cm³/mol. The minimum Gasteiger partial charge on any atom is -0.145 e. The molecular formula is C7H16Cl2Si. The van der Waals surface area contributed by atoms with Gasteiger partial charge in [0.25, 0.3) is 6.69 Å². The third kappa shape index (κ3) is 2.44. The van der Waals surface area contributed by atoms with Crippen LogP contribution in [0.5, 0.6) is 0 Å². The quantitative estimate of drug-likeness (QED) is 0.473. The summed E-state index contributed by atoms with van der Waals surface area (Å²) >= 11 is 12.5. The van der Waals surface area contributed by atoms with Gasteiger partial charge >= 0.3 is 0 Å². The maximum atomic E-state index is 6.23. The van der Waals surface area contributed by atoms with Gasteiger partial charge in [0, 0.05) is 0 Å². The van der Waals surface area contributed by atoms with Crippen LogP contribution in [0.2, 0.25) is 11.1 Å². The zero-order valence-electron chi connectivity index (χ0n) is 7.12. The summed E-state index contributed by atoms with van der Waals surface area (Å²) in [5.41, 5.74) is 0.974. The van der Waals surface area contributed by atoms with Crippen molar-refractivity contribution in [3.05, 3.63) is 0 Å². The fourth-order valence-electron chi connectivity index (χ4n) is 0.841. The van der Waals surface area contributed by atoms with Crippen LogP contribution in [0, 0.1) is 0 Å². The van der Waals surface area contributed by atoms with Gasteiger partial charge in [-0.2, -0.15) is 0 Å². The van der Waals surface area contributed by atoms with Crippen molar-refractivity contribution in [1.29, 1.82) is 0 Å². The minimum absolute atomic E-state index is 0.464. The summed E-state index contributed by atoms with van der Waals surface area (Å²) in [6, 6.07) is 0. The molecule has 0 saturated heterocycles. The average Bonchev–Trinajstić information content (AvgIpc) is 1.86. The Hall–Kier alpha value is 0.797. The standard InChI is InChI=1S/C7H16Cl2Si/c1-5-7(4)10(8,9)6(2)3/h6-7H,5H2,1-4H3. The summed E-state index contributed by atoms with van der Waals surface area (Å²) in [5, 5.41) is 0. The van der Waals surface area contributed by atoms with Crippen LogP contribution in [0.1, 0.15) is 34.1 Å². The van der Waals surface area contributed by atoms with Gasteiger partial charge in [0.05, 0.1) is 0 Å². The zero-order valence-corrected chi connectivity index (χ0v) is 9.63. The highest BCUT2D eigenvalue weighted by atomic mass is 35.7. The van der Waals surface area contributed by atoms with Crippen molar-refractivity contribution in [2.45, 2.75) is 45.2 Å². The first kappa shape index (κ1) is 10.8. The second-order valence-corrected chi connectivity index (χ2v) is 11.0. The van der Waals surface area contributed by atoms with Gasteiger partial charge in [0.2, 0.25) is 0 Å². The highest BCUT2D eigenvalue weighted by Crippen LogP contribution is 2.40. The Kier molecular flexibility index (Phi) is 4.30. The second-order valence-electron chi connectivity index (χ2n) is 3.14. The minimum atomic E-state index is -1.94. The van der Waals surface area contributed by atoms with E-state index in [-0.39, 0.29) is 0 Å². The first-order valence-electron chi connectivity index (χ1n) is 3.80. The van der Waals surface area contributed by atoms with Crippen molar-refractivity contribution < 1.29 is 0 Å². The molecule has 0 amide bonds.